The molecule has 31 heavy (non-hydrogen) atoms. The van der Waals surface area contributed by atoms with Crippen molar-refractivity contribution < 1.29 is 19.0 Å². The van der Waals surface area contributed by atoms with E-state index in [2.05, 4.69) is 15.3 Å². The molecule has 1 N–H and O–H groups in total. The summed E-state index contributed by atoms with van der Waals surface area (Å²) in [4.78, 5) is 21.7. The predicted molar refractivity (Wildman–Crippen MR) is 117 cm³/mol. The molecular formula is C23H22ClN3O4. The summed E-state index contributed by atoms with van der Waals surface area (Å²) < 4.78 is 16.7. The molecule has 2 heterocycles. The SMILES string of the molecule is COc1ccc(-c2ncc(C(=O)NC[C@@H]3CCCO3)c(Oc3ccc(Cl)cc3)n2)cc1. The number of benzene rings is 2. The van der Waals surface area contributed by atoms with Crippen LogP contribution in [0.15, 0.2) is 54.7 Å². The van der Waals surface area contributed by atoms with Gasteiger partial charge in [-0.2, -0.15) is 4.98 Å². The first-order valence-electron chi connectivity index (χ1n) is 9.97. The van der Waals surface area contributed by atoms with Crippen molar-refractivity contribution in [1.29, 1.82) is 0 Å². The molecule has 0 radical (unpaired) electrons. The normalized spacial score (nSPS) is 15.5. The lowest BCUT2D eigenvalue weighted by Crippen LogP contribution is -2.32. The fourth-order valence-corrected chi connectivity index (χ4v) is 3.33. The Balaban J connectivity index is 1.61. The van der Waals surface area contributed by atoms with Gasteiger partial charge in [-0.15, -0.1) is 0 Å². The van der Waals surface area contributed by atoms with Crippen LogP contribution in [0.2, 0.25) is 5.02 Å². The van der Waals surface area contributed by atoms with E-state index in [1.165, 1.54) is 6.20 Å². The average molecular weight is 440 g/mol. The zero-order valence-corrected chi connectivity index (χ0v) is 17.8. The standard InChI is InChI=1S/C23H22ClN3O4/c1-29-17-8-4-15(5-9-17)21-25-14-20(22(28)26-13-19-3-2-12-30-19)23(27-21)31-18-10-6-16(24)7-11-18/h4-11,14,19H,2-3,12-13H2,1H3,(H,26,28)/t19-/m0/s1. The molecule has 0 aliphatic carbocycles. The van der Waals surface area contributed by atoms with E-state index in [1.807, 2.05) is 24.3 Å². The highest BCUT2D eigenvalue weighted by Gasteiger charge is 2.21. The summed E-state index contributed by atoms with van der Waals surface area (Å²) in [5, 5.41) is 3.48. The van der Waals surface area contributed by atoms with Gasteiger partial charge in [0, 0.05) is 29.9 Å². The van der Waals surface area contributed by atoms with Crippen molar-refractivity contribution in [2.75, 3.05) is 20.3 Å². The van der Waals surface area contributed by atoms with Gasteiger partial charge >= 0.3 is 0 Å². The maximum atomic E-state index is 12.8. The minimum absolute atomic E-state index is 0.0316. The topological polar surface area (TPSA) is 82.6 Å². The lowest BCUT2D eigenvalue weighted by molar-refractivity contribution is 0.0855. The van der Waals surface area contributed by atoms with Crippen LogP contribution in [-0.2, 0) is 4.74 Å². The summed E-state index contributed by atoms with van der Waals surface area (Å²) in [5.74, 6) is 1.51. The Hall–Kier alpha value is -3.16. The molecule has 0 saturated carbocycles. The molecule has 0 unspecified atom stereocenters. The van der Waals surface area contributed by atoms with Gasteiger partial charge in [-0.1, -0.05) is 11.6 Å². The number of rotatable bonds is 7. The molecule has 160 valence electrons. The fraction of sp³-hybridized carbons (Fsp3) is 0.261. The molecule has 7 nitrogen and oxygen atoms in total. The Bertz CT molecular complexity index is 1040. The van der Waals surface area contributed by atoms with Gasteiger partial charge < -0.3 is 19.5 Å². The van der Waals surface area contributed by atoms with Crippen LogP contribution in [0, 0.1) is 0 Å². The van der Waals surface area contributed by atoms with Crippen LogP contribution in [0.4, 0.5) is 0 Å². The molecule has 4 rings (SSSR count). The van der Waals surface area contributed by atoms with E-state index in [4.69, 9.17) is 25.8 Å². The van der Waals surface area contributed by atoms with Gasteiger partial charge in [0.25, 0.3) is 5.91 Å². The van der Waals surface area contributed by atoms with Crippen LogP contribution >= 0.6 is 11.6 Å². The second kappa shape index (κ2) is 9.76. The highest BCUT2D eigenvalue weighted by atomic mass is 35.5. The van der Waals surface area contributed by atoms with E-state index in [-0.39, 0.29) is 23.5 Å². The monoisotopic (exact) mass is 439 g/mol. The van der Waals surface area contributed by atoms with Gasteiger partial charge in [-0.05, 0) is 61.4 Å². The molecule has 1 aliphatic heterocycles. The molecule has 1 amide bonds. The van der Waals surface area contributed by atoms with Crippen molar-refractivity contribution in [3.63, 3.8) is 0 Å². The third-order valence-corrected chi connectivity index (χ3v) is 5.14. The smallest absolute Gasteiger partial charge is 0.258 e. The number of carbonyl (C=O) groups is 1. The van der Waals surface area contributed by atoms with Crippen molar-refractivity contribution >= 4 is 17.5 Å². The minimum Gasteiger partial charge on any atom is -0.497 e. The van der Waals surface area contributed by atoms with Gasteiger partial charge in [0.15, 0.2) is 5.82 Å². The minimum atomic E-state index is -0.319. The fourth-order valence-electron chi connectivity index (χ4n) is 3.20. The van der Waals surface area contributed by atoms with E-state index in [0.29, 0.717) is 23.1 Å². The average Bonchev–Trinajstić information content (AvgIpc) is 3.33. The maximum absolute atomic E-state index is 12.8. The molecule has 0 spiro atoms. The van der Waals surface area contributed by atoms with Crippen molar-refractivity contribution in [2.24, 2.45) is 0 Å². The summed E-state index contributed by atoms with van der Waals surface area (Å²) in [6, 6.07) is 14.2. The largest absolute Gasteiger partial charge is 0.497 e. The lowest BCUT2D eigenvalue weighted by atomic mass is 10.2. The third kappa shape index (κ3) is 5.31. The Kier molecular flexibility index (Phi) is 6.64. The van der Waals surface area contributed by atoms with Crippen molar-refractivity contribution in [2.45, 2.75) is 18.9 Å². The van der Waals surface area contributed by atoms with E-state index in [0.717, 1.165) is 30.8 Å². The molecule has 0 bridgehead atoms. The van der Waals surface area contributed by atoms with Crippen molar-refractivity contribution in [3.8, 4) is 28.8 Å². The number of carbonyl (C=O) groups excluding carboxylic acids is 1. The van der Waals surface area contributed by atoms with Gasteiger partial charge in [0.05, 0.1) is 13.2 Å². The second-order valence-electron chi connectivity index (χ2n) is 7.04. The second-order valence-corrected chi connectivity index (χ2v) is 7.48. The highest BCUT2D eigenvalue weighted by Crippen LogP contribution is 2.28. The Morgan fingerprint density at radius 3 is 2.58 bits per heavy atom. The number of halogens is 1. The van der Waals surface area contributed by atoms with Crippen molar-refractivity contribution in [3.05, 3.63) is 65.3 Å². The van der Waals surface area contributed by atoms with E-state index in [1.54, 1.807) is 31.4 Å². The third-order valence-electron chi connectivity index (χ3n) is 4.89. The van der Waals surface area contributed by atoms with Crippen molar-refractivity contribution in [1.82, 2.24) is 15.3 Å². The predicted octanol–water partition coefficient (Wildman–Crippen LogP) is 4.51. The Labute approximate surface area is 185 Å². The number of hydrogen-bond donors (Lipinski definition) is 1. The van der Waals surface area contributed by atoms with E-state index < -0.39 is 0 Å². The summed E-state index contributed by atoms with van der Waals surface area (Å²) in [6.45, 7) is 1.16. The first-order valence-corrected chi connectivity index (χ1v) is 10.3. The number of aromatic nitrogens is 2. The Morgan fingerprint density at radius 1 is 1.16 bits per heavy atom. The molecule has 1 aliphatic rings. The zero-order valence-electron chi connectivity index (χ0n) is 17.0. The lowest BCUT2D eigenvalue weighted by Gasteiger charge is -2.14. The van der Waals surface area contributed by atoms with Crippen LogP contribution < -0.4 is 14.8 Å². The quantitative estimate of drug-likeness (QED) is 0.583. The van der Waals surface area contributed by atoms with Crippen LogP contribution in [0.1, 0.15) is 23.2 Å². The maximum Gasteiger partial charge on any atom is 0.258 e. The highest BCUT2D eigenvalue weighted by molar-refractivity contribution is 6.30. The first-order chi connectivity index (χ1) is 15.1. The summed E-state index contributed by atoms with van der Waals surface area (Å²) in [5.41, 5.74) is 1.01. The van der Waals surface area contributed by atoms with Crippen LogP contribution in [-0.4, -0.2) is 42.2 Å². The summed E-state index contributed by atoms with van der Waals surface area (Å²) in [6.07, 6.45) is 3.44. The molecule has 1 fully saturated rings. The molecule has 1 saturated heterocycles. The van der Waals surface area contributed by atoms with Gasteiger partial charge in [-0.3, -0.25) is 4.79 Å². The zero-order chi connectivity index (χ0) is 21.6. The number of hydrogen-bond acceptors (Lipinski definition) is 6. The van der Waals surface area contributed by atoms with Crippen LogP contribution in [0.3, 0.4) is 0 Å². The summed E-state index contributed by atoms with van der Waals surface area (Å²) in [7, 11) is 1.60. The molecule has 1 aromatic heterocycles. The molecule has 2 aromatic carbocycles. The number of amides is 1. The molecule has 1 atom stereocenters. The first kappa shape index (κ1) is 21.1. The number of methoxy groups -OCH3 is 1. The molecule has 8 heteroatoms. The van der Waals surface area contributed by atoms with Gasteiger partial charge in [0.2, 0.25) is 5.88 Å². The Morgan fingerprint density at radius 2 is 1.90 bits per heavy atom. The van der Waals surface area contributed by atoms with Crippen LogP contribution in [0.5, 0.6) is 17.4 Å². The number of ether oxygens (including phenoxy) is 3. The van der Waals surface area contributed by atoms with Crippen LogP contribution in [0.25, 0.3) is 11.4 Å². The van der Waals surface area contributed by atoms with E-state index in [9.17, 15) is 4.79 Å². The number of nitrogens with zero attached hydrogens (tertiary/aromatic N) is 2. The number of nitrogens with one attached hydrogen (secondary N) is 1. The molecular weight excluding hydrogens is 418 g/mol. The van der Waals surface area contributed by atoms with Gasteiger partial charge in [-0.25, -0.2) is 4.98 Å². The van der Waals surface area contributed by atoms with E-state index >= 15 is 0 Å². The molecule has 3 aromatic rings. The summed E-state index contributed by atoms with van der Waals surface area (Å²) >= 11 is 5.96. The van der Waals surface area contributed by atoms with Gasteiger partial charge in [0.1, 0.15) is 17.1 Å².